The van der Waals surface area contributed by atoms with E-state index in [2.05, 4.69) is 72.4 Å². The molecule has 0 unspecified atom stereocenters. The summed E-state index contributed by atoms with van der Waals surface area (Å²) in [5.74, 6) is -8.64. The van der Waals surface area contributed by atoms with Gasteiger partial charge in [-0.1, -0.05) is 0 Å². The number of hydrogen-bond donors (Lipinski definition) is 28. The van der Waals surface area contributed by atoms with Crippen LogP contribution in [0.3, 0.4) is 0 Å². The van der Waals surface area contributed by atoms with Crippen molar-refractivity contribution in [2.75, 3.05) is 58.2 Å². The number of amides is 9. The Bertz CT molecular complexity index is 3960. The first-order chi connectivity index (χ1) is 56.4. The number of aromatic amines is 1. The van der Waals surface area contributed by atoms with Gasteiger partial charge in [-0.05, 0) is 79.4 Å². The summed E-state index contributed by atoms with van der Waals surface area (Å²) < 4.78 is 40.5. The number of carbonyl (C=O) groups excluding carboxylic acids is 9. The summed E-state index contributed by atoms with van der Waals surface area (Å²) in [6, 6.07) is -10.2. The van der Waals surface area contributed by atoms with Crippen LogP contribution in [0, 0.1) is 6.92 Å². The van der Waals surface area contributed by atoms with Crippen LogP contribution in [0.4, 0.5) is 10.6 Å². The number of hydrogen-bond acceptors (Lipinski definition) is 41. The van der Waals surface area contributed by atoms with Gasteiger partial charge < -0.3 is 183 Å². The number of ether oxygens (including phenoxy) is 7. The fraction of sp³-hybridized carbons (Fsp3) is 0.676. The summed E-state index contributed by atoms with van der Waals surface area (Å²) in [6.45, 7) is 5.33. The molecule has 3 saturated heterocycles. The lowest BCUT2D eigenvalue weighted by Gasteiger charge is -2.47. The number of H-pyrrole nitrogens is 1. The fourth-order valence-electron chi connectivity index (χ4n) is 12.4. The van der Waals surface area contributed by atoms with E-state index in [4.69, 9.17) is 79.0 Å². The Morgan fingerprint density at radius 3 is 2.02 bits per heavy atom. The molecule has 0 aromatic carbocycles. The number of nitrogen functional groups attached to an aromatic ring is 1. The third kappa shape index (κ3) is 27.5. The molecular weight excluding hydrogens is 1620 g/mol. The summed E-state index contributed by atoms with van der Waals surface area (Å²) in [5, 5.41) is 147. The molecule has 51 heteroatoms. The average Bonchev–Trinajstić information content (AvgIpc) is 1.21. The Morgan fingerprint density at radius 2 is 1.36 bits per heavy atom. The van der Waals surface area contributed by atoms with E-state index in [0.29, 0.717) is 25.9 Å². The number of imidazole rings is 1. The number of carbonyl (C=O) groups is 9. The van der Waals surface area contributed by atoms with Crippen LogP contribution in [0.1, 0.15) is 133 Å². The van der Waals surface area contributed by atoms with Crippen LogP contribution < -0.4 is 88.4 Å². The van der Waals surface area contributed by atoms with Crippen molar-refractivity contribution < 1.29 is 132 Å². The second kappa shape index (κ2) is 46.5. The zero-order valence-corrected chi connectivity index (χ0v) is 66.9. The third-order valence-corrected chi connectivity index (χ3v) is 21.1. The van der Waals surface area contributed by atoms with Gasteiger partial charge >= 0.3 is 6.09 Å². The number of unbranched alkanes of at least 4 members (excludes halogenated alkanes) is 1. The Kier molecular flexibility index (Phi) is 38.1. The van der Waals surface area contributed by atoms with E-state index in [1.54, 1.807) is 0 Å². The molecule has 666 valence electrons. The molecule has 4 aromatic heterocycles. The molecule has 119 heavy (non-hydrogen) atoms. The van der Waals surface area contributed by atoms with E-state index in [0.717, 1.165) is 81.4 Å². The Hall–Kier alpha value is -8.54. The van der Waals surface area contributed by atoms with Gasteiger partial charge in [0.05, 0.1) is 80.3 Å². The number of nitrogens with zero attached hydrogens (tertiary/aromatic N) is 5. The van der Waals surface area contributed by atoms with Crippen LogP contribution >= 0.6 is 22.7 Å². The molecule has 9 amide bonds. The number of rotatable bonds is 47. The maximum absolute atomic E-state index is 15.3. The van der Waals surface area contributed by atoms with Crippen molar-refractivity contribution in [3.63, 3.8) is 0 Å². The molecule has 49 nitrogen and oxygen atoms in total. The summed E-state index contributed by atoms with van der Waals surface area (Å²) >= 11 is 1.84. The second-order valence-corrected chi connectivity index (χ2v) is 30.3. The molecule has 26 atom stereocenters. The van der Waals surface area contributed by atoms with Gasteiger partial charge in [0.1, 0.15) is 112 Å². The maximum atomic E-state index is 15.3. The maximum Gasteiger partial charge on any atom is 0.404 e. The van der Waals surface area contributed by atoms with Crippen molar-refractivity contribution in [1.82, 2.24) is 72.4 Å². The highest BCUT2D eigenvalue weighted by atomic mass is 32.1. The molecular formula is C68H110N22O27S2. The molecule has 3 fully saturated rings. The lowest BCUT2D eigenvalue weighted by Crippen LogP contribution is -2.65. The predicted octanol–water partition coefficient (Wildman–Crippen LogP) is -11.3. The van der Waals surface area contributed by atoms with Gasteiger partial charge in [-0.3, -0.25) is 38.4 Å². The van der Waals surface area contributed by atoms with Gasteiger partial charge in [-0.15, -0.1) is 22.7 Å². The molecule has 3 aliphatic rings. The summed E-state index contributed by atoms with van der Waals surface area (Å²) in [7, 11) is 0. The first-order valence-electron chi connectivity index (χ1n) is 37.9. The molecule has 7 heterocycles. The van der Waals surface area contributed by atoms with Gasteiger partial charge in [-0.2, -0.15) is 0 Å². The average molecular weight is 1730 g/mol. The number of aliphatic hydroxyl groups excluding tert-OH is 11. The molecule has 0 radical (unpaired) electrons. The van der Waals surface area contributed by atoms with Crippen molar-refractivity contribution in [3.05, 3.63) is 56.8 Å². The van der Waals surface area contributed by atoms with Gasteiger partial charge in [0.2, 0.25) is 35.4 Å². The minimum atomic E-state index is -2.27. The molecule has 0 saturated carbocycles. The van der Waals surface area contributed by atoms with Crippen LogP contribution in [0.25, 0.3) is 10.7 Å². The van der Waals surface area contributed by atoms with Crippen molar-refractivity contribution in [2.45, 2.75) is 238 Å². The van der Waals surface area contributed by atoms with Gasteiger partial charge in [0.25, 0.3) is 11.8 Å². The van der Waals surface area contributed by atoms with Crippen LogP contribution in [-0.2, 0) is 61.9 Å². The van der Waals surface area contributed by atoms with Crippen LogP contribution in [0.15, 0.2) is 23.3 Å². The quantitative estimate of drug-likeness (QED) is 0.0144. The van der Waals surface area contributed by atoms with Crippen molar-refractivity contribution in [1.29, 1.82) is 0 Å². The lowest BCUT2D eigenvalue weighted by molar-refractivity contribution is -0.372. The Morgan fingerprint density at radius 1 is 0.681 bits per heavy atom. The minimum absolute atomic E-state index is 0.00960. The number of anilines is 1. The predicted molar refractivity (Wildman–Crippen MR) is 412 cm³/mol. The Labute approximate surface area is 687 Å². The van der Waals surface area contributed by atoms with Gasteiger partial charge in [0.15, 0.2) is 37.3 Å². The van der Waals surface area contributed by atoms with E-state index in [1.165, 1.54) is 24.6 Å². The van der Waals surface area contributed by atoms with Crippen LogP contribution in [-0.4, -0.2) is 333 Å². The Balaban J connectivity index is 1.11. The summed E-state index contributed by atoms with van der Waals surface area (Å²) in [6.07, 6.45) is -34.5. The highest BCUT2D eigenvalue weighted by molar-refractivity contribution is 7.14. The van der Waals surface area contributed by atoms with Crippen LogP contribution in [0.5, 0.6) is 0 Å². The summed E-state index contributed by atoms with van der Waals surface area (Å²) in [4.78, 5) is 145. The molecule has 0 aliphatic carbocycles. The van der Waals surface area contributed by atoms with E-state index in [9.17, 15) is 89.7 Å². The molecule has 4 aromatic rings. The zero-order valence-electron chi connectivity index (χ0n) is 65.3. The highest BCUT2D eigenvalue weighted by Gasteiger charge is 2.54. The third-order valence-electron chi connectivity index (χ3n) is 19.3. The smallest absolute Gasteiger partial charge is 0.404 e. The number of thiazole rings is 2. The molecule has 7 rings (SSSR count). The molecule has 3 aliphatic heterocycles. The molecule has 0 spiro atoms. The lowest BCUT2D eigenvalue weighted by atomic mass is 9.97. The molecule has 36 N–H and O–H groups in total. The minimum Gasteiger partial charge on any atom is -0.441 e. The van der Waals surface area contributed by atoms with Crippen molar-refractivity contribution in [3.8, 4) is 10.7 Å². The topological polar surface area (TPSA) is 825 Å². The van der Waals surface area contributed by atoms with E-state index in [1.807, 2.05) is 0 Å². The number of primary amides is 3. The second-order valence-electron chi connectivity index (χ2n) is 28.6. The first kappa shape index (κ1) is 97.6. The fourth-order valence-corrected chi connectivity index (χ4v) is 14.0. The van der Waals surface area contributed by atoms with Crippen LogP contribution in [0.2, 0.25) is 0 Å². The normalized spacial score (nSPS) is 26.0. The summed E-state index contributed by atoms with van der Waals surface area (Å²) in [5.41, 5.74) is 45.1. The number of nitrogens with one attached hydrogen (secondary N) is 9. The van der Waals surface area contributed by atoms with Crippen molar-refractivity contribution >= 4 is 81.8 Å². The standard InChI is InChI=1S/C68H110N22O27S2/c1-25-42(87-57(89-55(25)74)31(16-38(72)95)81-18-30(71)56(75)105)59(107)88-44(52(32-19-78-24-82-32)114-67-54(48(101)45(98)36(20-91)113-67)115-66-50(103)53(116-68(76)110)46(99)37(21-92)112-66)61(109)83-26(2)35(94)17-40(97)86-43(27(3)93)60(108)90-62(117-65-49(102)47(100)41(73)28(4)111-65)51(104)64-85-34(23-119-64)63-84-33(22-118-63)58(106)80-13-7-9-29(70)15-39(96)79-14-8-12-77-11-6-5-10-69/h19,22-24,26-31,35-37,41,43-54,62,65-67,77,81,91-94,98-104H,5-18,20-21,69-71,73H2,1-4H3,(H2,72,95)(H2,75,105)(H2,76,110)(H,78,82)(H,79,96)(H,80,106)(H,83,109)(H,86,97)(H,88,107)(H,90,108)(H2,74,87,89)/t26-,27+,28-,29+,30+,31-,35-,36-,37-,41-,43+,44-,45+,46-,47-,48+,49-,50-,51+,52+,53+,54+,62-,65+,66+,67-/m1/s1. The van der Waals surface area contributed by atoms with E-state index in [-0.39, 0.29) is 51.5 Å². The number of aromatic nitrogens is 6. The number of aliphatic hydroxyl groups is 11. The van der Waals surface area contributed by atoms with E-state index >= 15 is 9.59 Å². The van der Waals surface area contributed by atoms with E-state index < -0.39 is 256 Å². The van der Waals surface area contributed by atoms with Gasteiger partial charge in [0, 0.05) is 54.8 Å². The highest BCUT2D eigenvalue weighted by Crippen LogP contribution is 2.36. The zero-order chi connectivity index (χ0) is 87.8. The number of nitrogens with two attached hydrogens (primary N) is 8. The van der Waals surface area contributed by atoms with Gasteiger partial charge in [-0.25, -0.2) is 29.7 Å². The van der Waals surface area contributed by atoms with Crippen molar-refractivity contribution in [2.24, 2.45) is 40.1 Å². The SMILES string of the molecule is Cc1c(N)nc([C@@H](CC(N)=O)NC[C@H](N)C(N)=O)nc1C(=O)N[C@@H](C(=O)N[C@H](C)[C@H](O)CC(=O)N[C@H](C(=O)N[C@H](O[C@@H]1O[C@H](C)[C@@H](N)[C@@H](O)[C@H]1O)[C@H](O)c1nc(-c2nc(C(=O)NCCC[C@H](N)CC(=O)NCCCNCCCCN)cs2)cs1)[C@H](C)O)[C@@H](O[C@H]1O[C@H](CO)[C@H](O)[C@H](O)[C@@H]1O[C@@H]1O[C@H](CO)[C@@H](O)[C@H](OC(N)=O)[C@H]1O)c1cnc[nH]1. The monoisotopic (exact) mass is 1730 g/mol. The first-order valence-corrected chi connectivity index (χ1v) is 39.7. The molecule has 0 bridgehead atoms. The largest absolute Gasteiger partial charge is 0.441 e.